The molecule has 0 spiro atoms. The van der Waals surface area contributed by atoms with E-state index in [2.05, 4.69) is 10.0 Å². The van der Waals surface area contributed by atoms with E-state index in [4.69, 9.17) is 9.47 Å². The second-order valence-electron chi connectivity index (χ2n) is 5.47. The van der Waals surface area contributed by atoms with Crippen LogP contribution in [0.25, 0.3) is 0 Å². The molecule has 0 unspecified atom stereocenters. The van der Waals surface area contributed by atoms with E-state index in [1.807, 2.05) is 0 Å². The molecule has 0 radical (unpaired) electrons. The Morgan fingerprint density at radius 1 is 1.22 bits per heavy atom. The normalized spacial score (nSPS) is 13.0. The van der Waals surface area contributed by atoms with Crippen molar-refractivity contribution in [2.75, 3.05) is 20.8 Å². The highest BCUT2D eigenvalue weighted by Crippen LogP contribution is 2.25. The first-order chi connectivity index (χ1) is 10.7. The van der Waals surface area contributed by atoms with Crippen molar-refractivity contribution >= 4 is 15.9 Å². The molecule has 0 saturated carbocycles. The van der Waals surface area contributed by atoms with Gasteiger partial charge in [0.1, 0.15) is 10.6 Å². The number of hydrogen-bond donors (Lipinski definition) is 2. The van der Waals surface area contributed by atoms with Crippen molar-refractivity contribution in [3.63, 3.8) is 0 Å². The smallest absolute Gasteiger partial charge is 0.251 e. The van der Waals surface area contributed by atoms with Gasteiger partial charge in [-0.25, -0.2) is 13.1 Å². The van der Waals surface area contributed by atoms with Crippen molar-refractivity contribution in [2.24, 2.45) is 0 Å². The number of nitrogens with one attached hydrogen (secondary N) is 2. The molecule has 0 aromatic heterocycles. The SMILES string of the molecule is COC[C@H](C)NC(=O)c1ccc(OC)c(S(=O)(=O)NC(C)C)c1. The summed E-state index contributed by atoms with van der Waals surface area (Å²) in [6.45, 7) is 5.59. The number of amides is 1. The molecule has 2 N–H and O–H groups in total. The van der Waals surface area contributed by atoms with Gasteiger partial charge >= 0.3 is 0 Å². The van der Waals surface area contributed by atoms with E-state index >= 15 is 0 Å². The number of rotatable bonds is 8. The zero-order chi connectivity index (χ0) is 17.6. The molecular weight excluding hydrogens is 320 g/mol. The zero-order valence-corrected chi connectivity index (χ0v) is 14.9. The van der Waals surface area contributed by atoms with E-state index in [1.165, 1.54) is 32.4 Å². The highest BCUT2D eigenvalue weighted by Gasteiger charge is 2.22. The minimum atomic E-state index is -3.78. The largest absolute Gasteiger partial charge is 0.495 e. The summed E-state index contributed by atoms with van der Waals surface area (Å²) >= 11 is 0. The second kappa shape index (κ2) is 8.28. The summed E-state index contributed by atoms with van der Waals surface area (Å²) in [5.41, 5.74) is 0.234. The van der Waals surface area contributed by atoms with Gasteiger partial charge in [0.05, 0.1) is 13.7 Å². The molecule has 1 amide bonds. The average Bonchev–Trinajstić information content (AvgIpc) is 2.45. The van der Waals surface area contributed by atoms with Crippen LogP contribution in [0.1, 0.15) is 31.1 Å². The lowest BCUT2D eigenvalue weighted by Crippen LogP contribution is -2.36. The molecule has 1 rings (SSSR count). The van der Waals surface area contributed by atoms with E-state index in [-0.39, 0.29) is 34.2 Å². The number of sulfonamides is 1. The van der Waals surface area contributed by atoms with Crippen LogP contribution in [0.4, 0.5) is 0 Å². The van der Waals surface area contributed by atoms with E-state index in [1.54, 1.807) is 20.8 Å². The summed E-state index contributed by atoms with van der Waals surface area (Å²) in [6, 6.07) is 3.82. The maximum atomic E-state index is 12.4. The highest BCUT2D eigenvalue weighted by molar-refractivity contribution is 7.89. The van der Waals surface area contributed by atoms with Gasteiger partial charge in [-0.3, -0.25) is 4.79 Å². The quantitative estimate of drug-likeness (QED) is 0.738. The standard InChI is InChI=1S/C15H24N2O5S/c1-10(2)17-23(19,20)14-8-12(6-7-13(14)22-5)15(18)16-11(3)9-21-4/h6-8,10-11,17H,9H2,1-5H3,(H,16,18)/t11-/m0/s1. The number of carbonyl (C=O) groups is 1. The fourth-order valence-corrected chi connectivity index (χ4v) is 3.45. The molecule has 0 bridgehead atoms. The van der Waals surface area contributed by atoms with Crippen LogP contribution in [0, 0.1) is 0 Å². The van der Waals surface area contributed by atoms with Gasteiger partial charge in [-0.15, -0.1) is 0 Å². The molecule has 7 nitrogen and oxygen atoms in total. The molecule has 0 aliphatic rings. The third-order valence-electron chi connectivity index (χ3n) is 2.90. The maximum absolute atomic E-state index is 12.4. The summed E-state index contributed by atoms with van der Waals surface area (Å²) in [5.74, 6) is -0.196. The van der Waals surface area contributed by atoms with E-state index in [0.29, 0.717) is 6.61 Å². The van der Waals surface area contributed by atoms with Gasteiger partial charge < -0.3 is 14.8 Å². The molecule has 1 atom stereocenters. The Labute approximate surface area is 137 Å². The number of methoxy groups -OCH3 is 2. The Kier molecular flexibility index (Phi) is 6.99. The third kappa shape index (κ3) is 5.49. The number of ether oxygens (including phenoxy) is 2. The Balaban J connectivity index is 3.15. The summed E-state index contributed by atoms with van der Waals surface area (Å²) in [4.78, 5) is 12.1. The molecule has 23 heavy (non-hydrogen) atoms. The molecule has 1 aromatic rings. The predicted molar refractivity (Wildman–Crippen MR) is 87.3 cm³/mol. The lowest BCUT2D eigenvalue weighted by atomic mass is 10.2. The molecular formula is C15H24N2O5S. The van der Waals surface area contributed by atoms with Crippen LogP contribution < -0.4 is 14.8 Å². The topological polar surface area (TPSA) is 93.7 Å². The minimum absolute atomic E-state index is 0.0688. The van der Waals surface area contributed by atoms with Gasteiger partial charge in [0.15, 0.2) is 0 Å². The van der Waals surface area contributed by atoms with Crippen molar-refractivity contribution in [3.8, 4) is 5.75 Å². The van der Waals surface area contributed by atoms with Gasteiger partial charge in [-0.2, -0.15) is 0 Å². The van der Waals surface area contributed by atoms with E-state index in [9.17, 15) is 13.2 Å². The Bertz CT molecular complexity index is 643. The van der Waals surface area contributed by atoms with Crippen LogP contribution >= 0.6 is 0 Å². The molecule has 8 heteroatoms. The number of hydrogen-bond acceptors (Lipinski definition) is 5. The maximum Gasteiger partial charge on any atom is 0.251 e. The van der Waals surface area contributed by atoms with Gasteiger partial charge in [0.2, 0.25) is 10.0 Å². The predicted octanol–water partition coefficient (Wildman–Crippen LogP) is 1.15. The Morgan fingerprint density at radius 2 is 1.87 bits per heavy atom. The van der Waals surface area contributed by atoms with Crippen molar-refractivity contribution < 1.29 is 22.7 Å². The summed E-state index contributed by atoms with van der Waals surface area (Å²) in [7, 11) is -0.858. The monoisotopic (exact) mass is 344 g/mol. The lowest BCUT2D eigenvalue weighted by Gasteiger charge is -2.16. The first kappa shape index (κ1) is 19.4. The van der Waals surface area contributed by atoms with Crippen LogP contribution in [0.2, 0.25) is 0 Å². The Morgan fingerprint density at radius 3 is 2.39 bits per heavy atom. The minimum Gasteiger partial charge on any atom is -0.495 e. The van der Waals surface area contributed by atoms with Crippen LogP contribution in [-0.2, 0) is 14.8 Å². The third-order valence-corrected chi connectivity index (χ3v) is 4.58. The van der Waals surface area contributed by atoms with Crippen molar-refractivity contribution in [3.05, 3.63) is 23.8 Å². The molecule has 0 heterocycles. The van der Waals surface area contributed by atoms with Crippen LogP contribution in [0.3, 0.4) is 0 Å². The van der Waals surface area contributed by atoms with Gasteiger partial charge in [-0.1, -0.05) is 0 Å². The molecule has 130 valence electrons. The molecule has 0 aliphatic carbocycles. The second-order valence-corrected chi connectivity index (χ2v) is 7.15. The van der Waals surface area contributed by atoms with E-state index in [0.717, 1.165) is 0 Å². The number of carbonyl (C=O) groups excluding carboxylic acids is 1. The first-order valence-corrected chi connectivity index (χ1v) is 8.69. The van der Waals surface area contributed by atoms with Crippen molar-refractivity contribution in [1.29, 1.82) is 0 Å². The van der Waals surface area contributed by atoms with Gasteiger partial charge in [0, 0.05) is 24.8 Å². The molecule has 1 aromatic carbocycles. The van der Waals surface area contributed by atoms with Crippen LogP contribution in [0.15, 0.2) is 23.1 Å². The average molecular weight is 344 g/mol. The summed E-state index contributed by atoms with van der Waals surface area (Å²) in [5, 5.41) is 2.73. The van der Waals surface area contributed by atoms with E-state index < -0.39 is 10.0 Å². The van der Waals surface area contributed by atoms with Crippen molar-refractivity contribution in [1.82, 2.24) is 10.0 Å². The van der Waals surface area contributed by atoms with Crippen LogP contribution in [-0.4, -0.2) is 47.2 Å². The Hall–Kier alpha value is -1.64. The number of benzene rings is 1. The molecule has 0 aliphatic heterocycles. The fourth-order valence-electron chi connectivity index (χ4n) is 2.00. The summed E-state index contributed by atoms with van der Waals surface area (Å²) < 4.78 is 37.3. The van der Waals surface area contributed by atoms with Gasteiger partial charge in [-0.05, 0) is 39.0 Å². The van der Waals surface area contributed by atoms with Gasteiger partial charge in [0.25, 0.3) is 5.91 Å². The lowest BCUT2D eigenvalue weighted by molar-refractivity contribution is 0.0905. The highest BCUT2D eigenvalue weighted by atomic mass is 32.2. The molecule has 0 saturated heterocycles. The summed E-state index contributed by atoms with van der Waals surface area (Å²) in [6.07, 6.45) is 0. The fraction of sp³-hybridized carbons (Fsp3) is 0.533. The van der Waals surface area contributed by atoms with Crippen molar-refractivity contribution in [2.45, 2.75) is 37.8 Å². The molecule has 0 fully saturated rings. The first-order valence-electron chi connectivity index (χ1n) is 7.21. The van der Waals surface area contributed by atoms with Crippen LogP contribution in [0.5, 0.6) is 5.75 Å². The zero-order valence-electron chi connectivity index (χ0n) is 14.0.